The highest BCUT2D eigenvalue weighted by Crippen LogP contribution is 2.46. The van der Waals surface area contributed by atoms with Crippen LogP contribution < -0.4 is 9.64 Å². The number of para-hydroxylation sites is 1. The van der Waals surface area contributed by atoms with Crippen molar-refractivity contribution in [3.63, 3.8) is 0 Å². The average Bonchev–Trinajstić information content (AvgIpc) is 2.89. The molecule has 1 heterocycles. The lowest BCUT2D eigenvalue weighted by Gasteiger charge is -2.24. The SMILES string of the molecule is COc1ccc(S(=O)(=O)N(C)CC(=O)/C=C2\N(C)c3ccccc3C2(C)C)cc1. The van der Waals surface area contributed by atoms with Gasteiger partial charge in [0.1, 0.15) is 5.75 Å². The molecule has 0 N–H and O–H groups in total. The van der Waals surface area contributed by atoms with Crippen LogP contribution in [0.2, 0.25) is 0 Å². The quantitative estimate of drug-likeness (QED) is 0.679. The molecule has 0 radical (unpaired) electrons. The van der Waals surface area contributed by atoms with E-state index in [-0.39, 0.29) is 22.6 Å². The number of hydrogen-bond acceptors (Lipinski definition) is 5. The standard InChI is InChI=1S/C22H26N2O4S/c1-22(2)19-8-6-7-9-20(19)24(4)21(22)14-16(25)15-23(3)29(26,27)18-12-10-17(28-5)11-13-18/h6-14H,15H2,1-5H3/b21-14-. The Bertz CT molecular complexity index is 1060. The van der Waals surface area contributed by atoms with Gasteiger partial charge in [-0.25, -0.2) is 8.42 Å². The summed E-state index contributed by atoms with van der Waals surface area (Å²) < 4.78 is 31.7. The van der Waals surface area contributed by atoms with Gasteiger partial charge in [-0.05, 0) is 35.9 Å². The number of anilines is 1. The summed E-state index contributed by atoms with van der Waals surface area (Å²) in [6, 6.07) is 14.1. The van der Waals surface area contributed by atoms with Crippen molar-refractivity contribution in [3.8, 4) is 5.75 Å². The third kappa shape index (κ3) is 3.80. The number of sulfonamides is 1. The summed E-state index contributed by atoms with van der Waals surface area (Å²) in [6.07, 6.45) is 1.56. The molecule has 0 aliphatic carbocycles. The zero-order chi connectivity index (χ0) is 21.4. The number of hydrogen-bond donors (Lipinski definition) is 0. The molecule has 1 aliphatic rings. The number of carbonyl (C=O) groups is 1. The molecule has 3 rings (SSSR count). The molecular formula is C22H26N2O4S. The molecule has 6 nitrogen and oxygen atoms in total. The minimum Gasteiger partial charge on any atom is -0.497 e. The summed E-state index contributed by atoms with van der Waals surface area (Å²) in [6.45, 7) is 3.89. The summed E-state index contributed by atoms with van der Waals surface area (Å²) in [5.74, 6) is 0.297. The Morgan fingerprint density at radius 1 is 1.14 bits per heavy atom. The molecule has 0 atom stereocenters. The van der Waals surface area contributed by atoms with E-state index in [9.17, 15) is 13.2 Å². The fourth-order valence-electron chi connectivity index (χ4n) is 3.69. The van der Waals surface area contributed by atoms with Gasteiger partial charge in [-0.3, -0.25) is 4.79 Å². The summed E-state index contributed by atoms with van der Waals surface area (Å²) >= 11 is 0. The molecule has 7 heteroatoms. The molecular weight excluding hydrogens is 388 g/mol. The first-order chi connectivity index (χ1) is 13.6. The molecule has 154 valence electrons. The van der Waals surface area contributed by atoms with E-state index >= 15 is 0 Å². The predicted molar refractivity (Wildman–Crippen MR) is 114 cm³/mol. The third-order valence-corrected chi connectivity index (χ3v) is 7.20. The monoisotopic (exact) mass is 414 g/mol. The Kier molecular flexibility index (Phi) is 5.56. The minimum absolute atomic E-state index is 0.118. The lowest BCUT2D eigenvalue weighted by molar-refractivity contribution is -0.114. The van der Waals surface area contributed by atoms with E-state index in [0.717, 1.165) is 21.3 Å². The van der Waals surface area contributed by atoms with Crippen molar-refractivity contribution in [3.05, 3.63) is 65.9 Å². The molecule has 0 unspecified atom stereocenters. The second-order valence-electron chi connectivity index (χ2n) is 7.63. The fourth-order valence-corrected chi connectivity index (χ4v) is 4.83. The molecule has 29 heavy (non-hydrogen) atoms. The van der Waals surface area contributed by atoms with Crippen LogP contribution in [0.4, 0.5) is 5.69 Å². The highest BCUT2D eigenvalue weighted by Gasteiger charge is 2.38. The summed E-state index contributed by atoms with van der Waals surface area (Å²) in [5.41, 5.74) is 2.70. The van der Waals surface area contributed by atoms with Crippen molar-refractivity contribution in [2.45, 2.75) is 24.2 Å². The van der Waals surface area contributed by atoms with Crippen LogP contribution in [-0.2, 0) is 20.2 Å². The van der Waals surface area contributed by atoms with Crippen molar-refractivity contribution in [2.75, 3.05) is 32.6 Å². The molecule has 0 spiro atoms. The average molecular weight is 415 g/mol. The number of ether oxygens (including phenoxy) is 1. The lowest BCUT2D eigenvalue weighted by atomic mass is 9.83. The Morgan fingerprint density at radius 2 is 1.76 bits per heavy atom. The Balaban J connectivity index is 1.81. The van der Waals surface area contributed by atoms with Crippen LogP contribution in [0.25, 0.3) is 0 Å². The largest absolute Gasteiger partial charge is 0.497 e. The maximum absolute atomic E-state index is 12.8. The van der Waals surface area contributed by atoms with Crippen LogP contribution in [0.1, 0.15) is 19.4 Å². The highest BCUT2D eigenvalue weighted by molar-refractivity contribution is 7.89. The first-order valence-corrected chi connectivity index (χ1v) is 10.7. The highest BCUT2D eigenvalue weighted by atomic mass is 32.2. The smallest absolute Gasteiger partial charge is 0.243 e. The van der Waals surface area contributed by atoms with E-state index in [0.29, 0.717) is 5.75 Å². The summed E-state index contributed by atoms with van der Waals surface area (Å²) in [7, 11) is 1.07. The van der Waals surface area contributed by atoms with Crippen molar-refractivity contribution in [2.24, 2.45) is 0 Å². The van der Waals surface area contributed by atoms with Gasteiger partial charge in [0.15, 0.2) is 5.78 Å². The molecule has 0 amide bonds. The van der Waals surface area contributed by atoms with Crippen molar-refractivity contribution < 1.29 is 17.9 Å². The van der Waals surface area contributed by atoms with Gasteiger partial charge in [0, 0.05) is 37.0 Å². The lowest BCUT2D eigenvalue weighted by Crippen LogP contribution is -2.32. The number of nitrogens with zero attached hydrogens (tertiary/aromatic N) is 2. The van der Waals surface area contributed by atoms with E-state index in [1.165, 1.54) is 26.3 Å². The Hall–Kier alpha value is -2.64. The number of fused-ring (bicyclic) bond motifs is 1. The van der Waals surface area contributed by atoms with Crippen LogP contribution >= 0.6 is 0 Å². The van der Waals surface area contributed by atoms with E-state index in [1.54, 1.807) is 18.2 Å². The van der Waals surface area contributed by atoms with E-state index in [1.807, 2.05) is 30.1 Å². The molecule has 2 aromatic rings. The second kappa shape index (κ2) is 7.65. The predicted octanol–water partition coefficient (Wildman–Crippen LogP) is 3.20. The fraction of sp³-hybridized carbons (Fsp3) is 0.318. The van der Waals surface area contributed by atoms with Crippen LogP contribution in [0.15, 0.2) is 65.2 Å². The normalized spacial score (nSPS) is 16.9. The maximum Gasteiger partial charge on any atom is 0.243 e. The topological polar surface area (TPSA) is 66.9 Å². The minimum atomic E-state index is -3.77. The van der Waals surface area contributed by atoms with E-state index in [4.69, 9.17) is 4.74 Å². The van der Waals surface area contributed by atoms with Crippen LogP contribution in [0.5, 0.6) is 5.75 Å². The zero-order valence-electron chi connectivity index (χ0n) is 17.3. The number of ketones is 1. The first-order valence-electron chi connectivity index (χ1n) is 9.27. The molecule has 0 saturated heterocycles. The summed E-state index contributed by atoms with van der Waals surface area (Å²) in [4.78, 5) is 14.9. The molecule has 0 bridgehead atoms. The van der Waals surface area contributed by atoms with Gasteiger partial charge in [0.05, 0.1) is 18.6 Å². The first kappa shape index (κ1) is 21.1. The van der Waals surface area contributed by atoms with Gasteiger partial charge in [-0.1, -0.05) is 32.0 Å². The molecule has 0 fully saturated rings. The third-order valence-electron chi connectivity index (χ3n) is 5.38. The number of methoxy groups -OCH3 is 1. The maximum atomic E-state index is 12.8. The molecule has 2 aromatic carbocycles. The Morgan fingerprint density at radius 3 is 2.34 bits per heavy atom. The van der Waals surface area contributed by atoms with Crippen molar-refractivity contribution >= 4 is 21.5 Å². The van der Waals surface area contributed by atoms with Crippen molar-refractivity contribution in [1.82, 2.24) is 4.31 Å². The number of rotatable bonds is 6. The van der Waals surface area contributed by atoms with Gasteiger partial charge < -0.3 is 9.64 Å². The van der Waals surface area contributed by atoms with Gasteiger partial charge in [-0.2, -0.15) is 4.31 Å². The molecule has 1 aliphatic heterocycles. The number of benzene rings is 2. The van der Waals surface area contributed by atoms with Crippen molar-refractivity contribution in [1.29, 1.82) is 0 Å². The van der Waals surface area contributed by atoms with Gasteiger partial charge in [-0.15, -0.1) is 0 Å². The second-order valence-corrected chi connectivity index (χ2v) is 9.68. The molecule has 0 aromatic heterocycles. The number of likely N-dealkylation sites (N-methyl/N-ethyl adjacent to an activating group) is 2. The van der Waals surface area contributed by atoms with E-state index in [2.05, 4.69) is 19.9 Å². The Labute approximate surface area is 172 Å². The van der Waals surface area contributed by atoms with Crippen LogP contribution in [0, 0.1) is 0 Å². The van der Waals surface area contributed by atoms with Gasteiger partial charge in [0.25, 0.3) is 0 Å². The molecule has 0 saturated carbocycles. The van der Waals surface area contributed by atoms with Gasteiger partial charge in [0.2, 0.25) is 10.0 Å². The summed E-state index contributed by atoms with van der Waals surface area (Å²) in [5, 5.41) is 0. The van der Waals surface area contributed by atoms with Crippen LogP contribution in [0.3, 0.4) is 0 Å². The number of carbonyl (C=O) groups excluding carboxylic acids is 1. The zero-order valence-corrected chi connectivity index (χ0v) is 18.2. The van der Waals surface area contributed by atoms with E-state index < -0.39 is 10.0 Å². The number of allylic oxidation sites excluding steroid dienone is 1. The van der Waals surface area contributed by atoms with Gasteiger partial charge >= 0.3 is 0 Å². The van der Waals surface area contributed by atoms with Crippen LogP contribution in [-0.4, -0.2) is 46.3 Å².